The third-order valence-corrected chi connectivity index (χ3v) is 8.17. The number of rotatable bonds is 3. The molecule has 3 fully saturated rings. The highest BCUT2D eigenvalue weighted by Gasteiger charge is 2.52. The average molecular weight is 314 g/mol. The first-order chi connectivity index (χ1) is 9.97. The van der Waals surface area contributed by atoms with Gasteiger partial charge in [0.25, 0.3) is 0 Å². The summed E-state index contributed by atoms with van der Waals surface area (Å²) in [6.45, 7) is 2.61. The van der Waals surface area contributed by atoms with Crippen molar-refractivity contribution >= 4 is 9.84 Å². The summed E-state index contributed by atoms with van der Waals surface area (Å²) in [5.74, 6) is 1.65. The van der Waals surface area contributed by atoms with Crippen LogP contribution in [0.1, 0.15) is 51.4 Å². The van der Waals surface area contributed by atoms with E-state index in [1.165, 1.54) is 38.4 Å². The predicted octanol–water partition coefficient (Wildman–Crippen LogP) is 1.79. The van der Waals surface area contributed by atoms with Crippen LogP contribution in [0.15, 0.2) is 0 Å². The lowest BCUT2D eigenvalue weighted by Crippen LogP contribution is -2.63. The van der Waals surface area contributed by atoms with Crippen molar-refractivity contribution in [2.24, 2.45) is 17.6 Å². The fourth-order valence-corrected chi connectivity index (χ4v) is 7.12. The molecule has 0 spiro atoms. The first-order valence-electron chi connectivity index (χ1n) is 8.61. The van der Waals surface area contributed by atoms with Crippen LogP contribution in [0.4, 0.5) is 0 Å². The number of nitrogens with two attached hydrogens (primary N) is 1. The fourth-order valence-electron chi connectivity index (χ4n) is 5.37. The summed E-state index contributed by atoms with van der Waals surface area (Å²) in [4.78, 5) is 2.48. The van der Waals surface area contributed by atoms with Gasteiger partial charge in [-0.15, -0.1) is 0 Å². The van der Waals surface area contributed by atoms with Crippen LogP contribution in [0.25, 0.3) is 0 Å². The van der Waals surface area contributed by atoms with Gasteiger partial charge in [-0.1, -0.05) is 25.7 Å². The Hall–Kier alpha value is -0.130. The molecule has 5 heteroatoms. The monoisotopic (exact) mass is 314 g/mol. The molecule has 3 aliphatic rings. The van der Waals surface area contributed by atoms with Crippen LogP contribution >= 0.6 is 0 Å². The van der Waals surface area contributed by atoms with E-state index in [0.29, 0.717) is 6.54 Å². The standard InChI is InChI=1S/C16H30N2O2S/c1-21(19,20)15-7-4-9-16(15,12-17)18-10-8-13-5-2-3-6-14(13)11-18/h13-15H,2-12,17H2,1H3. The van der Waals surface area contributed by atoms with Crippen molar-refractivity contribution < 1.29 is 8.42 Å². The van der Waals surface area contributed by atoms with Crippen molar-refractivity contribution in [3.05, 3.63) is 0 Å². The van der Waals surface area contributed by atoms with Gasteiger partial charge >= 0.3 is 0 Å². The number of piperidine rings is 1. The zero-order chi connectivity index (χ0) is 15.1. The second-order valence-corrected chi connectivity index (χ2v) is 9.79. The van der Waals surface area contributed by atoms with Crippen molar-refractivity contribution in [3.8, 4) is 0 Å². The Labute approximate surface area is 129 Å². The topological polar surface area (TPSA) is 63.4 Å². The molecule has 2 aliphatic carbocycles. The van der Waals surface area contributed by atoms with Gasteiger partial charge in [-0.2, -0.15) is 0 Å². The second kappa shape index (κ2) is 5.82. The zero-order valence-electron chi connectivity index (χ0n) is 13.3. The first kappa shape index (κ1) is 15.8. The van der Waals surface area contributed by atoms with Gasteiger partial charge in [0.05, 0.1) is 5.25 Å². The maximum atomic E-state index is 12.3. The molecule has 4 unspecified atom stereocenters. The number of fused-ring (bicyclic) bond motifs is 1. The van der Waals surface area contributed by atoms with Crippen LogP contribution in [0, 0.1) is 11.8 Å². The molecular weight excluding hydrogens is 284 g/mol. The van der Waals surface area contributed by atoms with Crippen LogP contribution in [0.5, 0.6) is 0 Å². The lowest BCUT2D eigenvalue weighted by molar-refractivity contribution is 0.0116. The van der Waals surface area contributed by atoms with Crippen molar-refractivity contribution in [1.29, 1.82) is 0 Å². The highest BCUT2D eigenvalue weighted by atomic mass is 32.2. The van der Waals surface area contributed by atoms with E-state index in [4.69, 9.17) is 5.73 Å². The molecule has 4 atom stereocenters. The Kier molecular flexibility index (Phi) is 4.37. The Bertz CT molecular complexity index is 479. The van der Waals surface area contributed by atoms with Gasteiger partial charge in [0.1, 0.15) is 0 Å². The van der Waals surface area contributed by atoms with E-state index in [0.717, 1.165) is 44.2 Å². The minimum absolute atomic E-state index is 0.254. The molecule has 1 aliphatic heterocycles. The molecule has 0 bridgehead atoms. The van der Waals surface area contributed by atoms with Crippen molar-refractivity contribution in [2.45, 2.75) is 62.2 Å². The third kappa shape index (κ3) is 2.77. The van der Waals surface area contributed by atoms with Crippen LogP contribution in [0.3, 0.4) is 0 Å². The Morgan fingerprint density at radius 3 is 2.48 bits per heavy atom. The van der Waals surface area contributed by atoms with Crippen LogP contribution in [-0.4, -0.2) is 50.0 Å². The summed E-state index contributed by atoms with van der Waals surface area (Å²) < 4.78 is 24.5. The molecular formula is C16H30N2O2S. The number of likely N-dealkylation sites (tertiary alicyclic amines) is 1. The van der Waals surface area contributed by atoms with Gasteiger partial charge < -0.3 is 5.73 Å². The summed E-state index contributed by atoms with van der Waals surface area (Å²) in [6.07, 6.45) is 10.8. The Morgan fingerprint density at radius 1 is 1.10 bits per heavy atom. The van der Waals surface area contributed by atoms with Crippen LogP contribution < -0.4 is 5.73 Å². The first-order valence-corrected chi connectivity index (χ1v) is 10.6. The molecule has 0 amide bonds. The normalized spacial score (nSPS) is 41.9. The Morgan fingerprint density at radius 2 is 1.81 bits per heavy atom. The maximum absolute atomic E-state index is 12.3. The molecule has 2 N–H and O–H groups in total. The predicted molar refractivity (Wildman–Crippen MR) is 85.9 cm³/mol. The van der Waals surface area contributed by atoms with Gasteiger partial charge in [0.2, 0.25) is 0 Å². The fraction of sp³-hybridized carbons (Fsp3) is 1.00. The smallest absolute Gasteiger partial charge is 0.152 e. The molecule has 0 radical (unpaired) electrons. The van der Waals surface area contributed by atoms with Gasteiger partial charge in [-0.25, -0.2) is 8.42 Å². The summed E-state index contributed by atoms with van der Waals surface area (Å²) in [6, 6.07) is 0. The molecule has 1 saturated heterocycles. The van der Waals surface area contributed by atoms with E-state index in [1.54, 1.807) is 0 Å². The second-order valence-electron chi connectivity index (χ2n) is 7.56. The average Bonchev–Trinajstić information content (AvgIpc) is 2.92. The molecule has 21 heavy (non-hydrogen) atoms. The highest BCUT2D eigenvalue weighted by Crippen LogP contribution is 2.44. The number of hydrogen-bond acceptors (Lipinski definition) is 4. The van der Waals surface area contributed by atoms with Gasteiger partial charge in [-0.3, -0.25) is 4.90 Å². The lowest BCUT2D eigenvalue weighted by Gasteiger charge is -2.51. The largest absolute Gasteiger partial charge is 0.329 e. The zero-order valence-corrected chi connectivity index (χ0v) is 14.1. The van der Waals surface area contributed by atoms with Gasteiger partial charge in [0.15, 0.2) is 9.84 Å². The number of sulfone groups is 1. The third-order valence-electron chi connectivity index (χ3n) is 6.47. The molecule has 3 rings (SSSR count). The molecule has 122 valence electrons. The molecule has 1 heterocycles. The van der Waals surface area contributed by atoms with E-state index in [2.05, 4.69) is 4.90 Å². The van der Waals surface area contributed by atoms with E-state index >= 15 is 0 Å². The summed E-state index contributed by atoms with van der Waals surface area (Å²) in [5.41, 5.74) is 5.87. The number of nitrogens with zero attached hydrogens (tertiary/aromatic N) is 1. The van der Waals surface area contributed by atoms with E-state index < -0.39 is 9.84 Å². The number of hydrogen-bond donors (Lipinski definition) is 1. The molecule has 0 aromatic heterocycles. The summed E-state index contributed by atoms with van der Waals surface area (Å²) >= 11 is 0. The van der Waals surface area contributed by atoms with Crippen molar-refractivity contribution in [1.82, 2.24) is 4.90 Å². The summed E-state index contributed by atoms with van der Waals surface area (Å²) in [7, 11) is -3.02. The van der Waals surface area contributed by atoms with E-state index in [-0.39, 0.29) is 10.8 Å². The Balaban J connectivity index is 1.82. The van der Waals surface area contributed by atoms with E-state index in [1.807, 2.05) is 0 Å². The summed E-state index contributed by atoms with van der Waals surface area (Å²) in [5, 5.41) is -0.254. The van der Waals surface area contributed by atoms with Gasteiger partial charge in [-0.05, 0) is 44.1 Å². The molecule has 0 aromatic rings. The lowest BCUT2D eigenvalue weighted by atomic mass is 9.74. The van der Waals surface area contributed by atoms with Crippen molar-refractivity contribution in [3.63, 3.8) is 0 Å². The van der Waals surface area contributed by atoms with Crippen molar-refractivity contribution in [2.75, 3.05) is 25.9 Å². The maximum Gasteiger partial charge on any atom is 0.152 e. The molecule has 2 saturated carbocycles. The van der Waals surface area contributed by atoms with Crippen LogP contribution in [-0.2, 0) is 9.84 Å². The minimum Gasteiger partial charge on any atom is -0.329 e. The quantitative estimate of drug-likeness (QED) is 0.863. The van der Waals surface area contributed by atoms with E-state index in [9.17, 15) is 8.42 Å². The minimum atomic E-state index is -3.02. The molecule has 0 aromatic carbocycles. The van der Waals surface area contributed by atoms with Gasteiger partial charge in [0, 0.05) is 24.9 Å². The molecule has 4 nitrogen and oxygen atoms in total. The highest BCUT2D eigenvalue weighted by molar-refractivity contribution is 7.91. The SMILES string of the molecule is CS(=O)(=O)C1CCCC1(CN)N1CCC2CCCCC2C1. The van der Waals surface area contributed by atoms with Crippen LogP contribution in [0.2, 0.25) is 0 Å².